The molecule has 1 aromatic carbocycles. The minimum absolute atomic E-state index is 0.0284. The van der Waals surface area contributed by atoms with E-state index in [1.54, 1.807) is 28.9 Å². The van der Waals surface area contributed by atoms with Crippen molar-refractivity contribution in [3.63, 3.8) is 0 Å². The van der Waals surface area contributed by atoms with Crippen molar-refractivity contribution in [2.45, 2.75) is 32.2 Å². The first kappa shape index (κ1) is 21.0. The number of amides is 2. The summed E-state index contributed by atoms with van der Waals surface area (Å²) in [6.45, 7) is 3.59. The molecule has 2 aromatic rings. The van der Waals surface area contributed by atoms with Crippen molar-refractivity contribution in [3.8, 4) is 5.75 Å². The zero-order chi connectivity index (χ0) is 22.0. The number of carbonyl (C=O) groups is 2. The lowest BCUT2D eigenvalue weighted by Gasteiger charge is -2.29. The molecule has 2 aliphatic heterocycles. The van der Waals surface area contributed by atoms with Gasteiger partial charge in [0.25, 0.3) is 5.91 Å². The second-order valence-corrected chi connectivity index (χ2v) is 7.84. The average molecular weight is 427 g/mol. The van der Waals surface area contributed by atoms with Gasteiger partial charge in [0, 0.05) is 51.5 Å². The highest BCUT2D eigenvalue weighted by Crippen LogP contribution is 2.30. The molecule has 3 heterocycles. The number of benzene rings is 1. The van der Waals surface area contributed by atoms with Crippen LogP contribution >= 0.6 is 0 Å². The van der Waals surface area contributed by atoms with Crippen LogP contribution in [0.25, 0.3) is 0 Å². The third-order valence-electron chi connectivity index (χ3n) is 5.85. The van der Waals surface area contributed by atoms with E-state index in [1.165, 1.54) is 12.1 Å². The third kappa shape index (κ3) is 4.45. The second-order valence-electron chi connectivity index (χ2n) is 7.84. The van der Waals surface area contributed by atoms with Gasteiger partial charge in [-0.1, -0.05) is 12.1 Å². The van der Waals surface area contributed by atoms with Gasteiger partial charge in [0.05, 0.1) is 12.2 Å². The Hall–Kier alpha value is -3.23. The van der Waals surface area contributed by atoms with Gasteiger partial charge in [-0.25, -0.2) is 14.4 Å². The molecule has 1 atom stereocenters. The SMILES string of the molecule is CNc1nc([C@H]2CCN(C(=O)COc3ccccc3F)C2)nc2c1CN(C(C)=O)CC2. The lowest BCUT2D eigenvalue weighted by molar-refractivity contribution is -0.132. The summed E-state index contributed by atoms with van der Waals surface area (Å²) in [6.07, 6.45) is 1.44. The van der Waals surface area contributed by atoms with E-state index in [-0.39, 0.29) is 30.1 Å². The van der Waals surface area contributed by atoms with Crippen molar-refractivity contribution >= 4 is 17.6 Å². The lowest BCUT2D eigenvalue weighted by atomic mass is 10.0. The summed E-state index contributed by atoms with van der Waals surface area (Å²) in [5.74, 6) is 0.917. The Bertz CT molecular complexity index is 982. The summed E-state index contributed by atoms with van der Waals surface area (Å²) in [4.78, 5) is 37.3. The number of nitrogens with one attached hydrogen (secondary N) is 1. The lowest BCUT2D eigenvalue weighted by Crippen LogP contribution is -2.36. The van der Waals surface area contributed by atoms with E-state index in [0.29, 0.717) is 38.4 Å². The zero-order valence-electron chi connectivity index (χ0n) is 17.7. The van der Waals surface area contributed by atoms with E-state index in [1.807, 2.05) is 7.05 Å². The fraction of sp³-hybridized carbons (Fsp3) is 0.455. The molecule has 0 spiro atoms. The Labute approximate surface area is 180 Å². The van der Waals surface area contributed by atoms with Crippen LogP contribution in [0.5, 0.6) is 5.75 Å². The summed E-state index contributed by atoms with van der Waals surface area (Å²) < 4.78 is 19.0. The standard InChI is InChI=1S/C22H26FN5O3/c1-14(29)27-10-8-18-16(12-27)22(24-2)26-21(25-18)15-7-9-28(11-15)20(30)13-31-19-6-4-3-5-17(19)23/h3-6,15H,7-13H2,1-2H3,(H,24,25,26)/t15-/m0/s1. The number of ether oxygens (including phenoxy) is 1. The van der Waals surface area contributed by atoms with E-state index in [4.69, 9.17) is 14.7 Å². The van der Waals surface area contributed by atoms with Crippen LogP contribution in [0.4, 0.5) is 10.2 Å². The number of hydrogen-bond donors (Lipinski definition) is 1. The molecule has 1 fully saturated rings. The quantitative estimate of drug-likeness (QED) is 0.785. The molecule has 0 radical (unpaired) electrons. The summed E-state index contributed by atoms with van der Waals surface area (Å²) >= 11 is 0. The Morgan fingerprint density at radius 1 is 1.23 bits per heavy atom. The predicted octanol–water partition coefficient (Wildman–Crippen LogP) is 1.96. The van der Waals surface area contributed by atoms with Gasteiger partial charge in [-0.15, -0.1) is 0 Å². The minimum atomic E-state index is -0.486. The highest BCUT2D eigenvalue weighted by molar-refractivity contribution is 5.78. The Morgan fingerprint density at radius 2 is 2.03 bits per heavy atom. The maximum absolute atomic E-state index is 13.7. The summed E-state index contributed by atoms with van der Waals surface area (Å²) in [7, 11) is 1.81. The number of aromatic nitrogens is 2. The molecule has 0 saturated carbocycles. The summed E-state index contributed by atoms with van der Waals surface area (Å²) in [6, 6.07) is 6.04. The smallest absolute Gasteiger partial charge is 0.260 e. The fourth-order valence-electron chi connectivity index (χ4n) is 4.08. The predicted molar refractivity (Wildman–Crippen MR) is 112 cm³/mol. The van der Waals surface area contributed by atoms with Crippen molar-refractivity contribution in [2.24, 2.45) is 0 Å². The van der Waals surface area contributed by atoms with Gasteiger partial charge < -0.3 is 19.9 Å². The van der Waals surface area contributed by atoms with Gasteiger partial charge in [0.1, 0.15) is 11.6 Å². The van der Waals surface area contributed by atoms with Crippen LogP contribution in [0.2, 0.25) is 0 Å². The topological polar surface area (TPSA) is 87.7 Å². The molecule has 1 N–H and O–H groups in total. The minimum Gasteiger partial charge on any atom is -0.481 e. The molecule has 8 nitrogen and oxygen atoms in total. The maximum Gasteiger partial charge on any atom is 0.260 e. The number of rotatable bonds is 5. The Morgan fingerprint density at radius 3 is 2.77 bits per heavy atom. The fourth-order valence-corrected chi connectivity index (χ4v) is 4.08. The van der Waals surface area contributed by atoms with Gasteiger partial charge in [0.2, 0.25) is 5.91 Å². The van der Waals surface area contributed by atoms with Crippen molar-refractivity contribution in [1.29, 1.82) is 0 Å². The number of likely N-dealkylation sites (tertiary alicyclic amines) is 1. The first-order valence-corrected chi connectivity index (χ1v) is 10.4. The molecule has 2 aliphatic rings. The zero-order valence-corrected chi connectivity index (χ0v) is 17.7. The highest BCUT2D eigenvalue weighted by Gasteiger charge is 2.31. The van der Waals surface area contributed by atoms with Gasteiger partial charge in [-0.3, -0.25) is 9.59 Å². The maximum atomic E-state index is 13.7. The van der Waals surface area contributed by atoms with Crippen LogP contribution in [0, 0.1) is 5.82 Å². The molecule has 164 valence electrons. The number of nitrogens with zero attached hydrogens (tertiary/aromatic N) is 4. The molecule has 0 aliphatic carbocycles. The van der Waals surface area contributed by atoms with Crippen molar-refractivity contribution in [1.82, 2.24) is 19.8 Å². The molecule has 1 aromatic heterocycles. The summed E-state index contributed by atoms with van der Waals surface area (Å²) in [5, 5.41) is 3.13. The summed E-state index contributed by atoms with van der Waals surface area (Å²) in [5.41, 5.74) is 1.91. The molecule has 1 saturated heterocycles. The first-order valence-electron chi connectivity index (χ1n) is 10.4. The van der Waals surface area contributed by atoms with Crippen LogP contribution in [0.15, 0.2) is 24.3 Å². The van der Waals surface area contributed by atoms with Gasteiger partial charge in [-0.05, 0) is 18.6 Å². The van der Waals surface area contributed by atoms with Crippen LogP contribution < -0.4 is 10.1 Å². The van der Waals surface area contributed by atoms with Crippen molar-refractivity contribution in [3.05, 3.63) is 47.2 Å². The molecule has 31 heavy (non-hydrogen) atoms. The van der Waals surface area contributed by atoms with Crippen LogP contribution in [-0.4, -0.2) is 64.9 Å². The first-order chi connectivity index (χ1) is 15.0. The number of para-hydroxylation sites is 1. The number of fused-ring (bicyclic) bond motifs is 1. The molecular weight excluding hydrogens is 401 g/mol. The monoisotopic (exact) mass is 427 g/mol. The Kier molecular flexibility index (Phi) is 6.01. The van der Waals surface area contributed by atoms with Gasteiger partial charge in [0.15, 0.2) is 18.2 Å². The van der Waals surface area contributed by atoms with Gasteiger partial charge >= 0.3 is 0 Å². The van der Waals surface area contributed by atoms with Crippen molar-refractivity contribution < 1.29 is 18.7 Å². The number of anilines is 1. The van der Waals surface area contributed by atoms with E-state index >= 15 is 0 Å². The van der Waals surface area contributed by atoms with Crippen molar-refractivity contribution in [2.75, 3.05) is 38.6 Å². The van der Waals surface area contributed by atoms with Crippen LogP contribution in [0.3, 0.4) is 0 Å². The highest BCUT2D eigenvalue weighted by atomic mass is 19.1. The normalized spacial score (nSPS) is 18.0. The largest absolute Gasteiger partial charge is 0.481 e. The number of halogens is 1. The average Bonchev–Trinajstić information content (AvgIpc) is 3.27. The van der Waals surface area contributed by atoms with E-state index < -0.39 is 5.82 Å². The molecule has 9 heteroatoms. The molecule has 0 bridgehead atoms. The number of carbonyl (C=O) groups excluding carboxylic acids is 2. The van der Waals surface area contributed by atoms with E-state index in [2.05, 4.69) is 5.32 Å². The van der Waals surface area contributed by atoms with Crippen LogP contribution in [-0.2, 0) is 22.6 Å². The van der Waals surface area contributed by atoms with Gasteiger partial charge in [-0.2, -0.15) is 0 Å². The van der Waals surface area contributed by atoms with E-state index in [9.17, 15) is 14.0 Å². The molecule has 0 unspecified atom stereocenters. The molecule has 2 amide bonds. The second kappa shape index (κ2) is 8.87. The number of hydrogen-bond acceptors (Lipinski definition) is 6. The third-order valence-corrected chi connectivity index (χ3v) is 5.85. The van der Waals surface area contributed by atoms with Crippen LogP contribution in [0.1, 0.15) is 36.3 Å². The van der Waals surface area contributed by atoms with E-state index in [0.717, 1.165) is 23.5 Å². The molecular formula is C22H26FN5O3. The molecule has 4 rings (SSSR count). The Balaban J connectivity index is 1.42.